The number of hydrogen-bond donors (Lipinski definition) is 2. The summed E-state index contributed by atoms with van der Waals surface area (Å²) in [5.74, 6) is 4.08. The third-order valence-corrected chi connectivity index (χ3v) is 1.60. The number of hydrogen-bond acceptors (Lipinski definition) is 5. The number of carbonyl (C=O) groups is 1. The maximum atomic E-state index is 10.4. The second-order valence-corrected chi connectivity index (χ2v) is 2.83. The lowest BCUT2D eigenvalue weighted by Crippen LogP contribution is -2.18. The van der Waals surface area contributed by atoms with Crippen molar-refractivity contribution in [1.29, 1.82) is 0 Å². The predicted octanol–water partition coefficient (Wildman–Crippen LogP) is -1.04. The Morgan fingerprint density at radius 2 is 2.25 bits per heavy atom. The molecule has 1 unspecified atom stereocenters. The largest absolute Gasteiger partial charge is 0.760 e. The number of nitrogens with one attached hydrogen (secondary N) is 1. The van der Waals surface area contributed by atoms with E-state index in [9.17, 15) is 13.6 Å². The normalized spacial score (nSPS) is 12.5. The van der Waals surface area contributed by atoms with E-state index in [0.29, 0.717) is 19.4 Å². The molecule has 6 nitrogen and oxygen atoms in total. The summed E-state index contributed by atoms with van der Waals surface area (Å²) in [6, 6.07) is 0. The summed E-state index contributed by atoms with van der Waals surface area (Å²) in [6.45, 7) is 0.327. The highest BCUT2D eigenvalue weighted by atomic mass is 32.2. The molecule has 0 aromatic heterocycles. The van der Waals surface area contributed by atoms with Gasteiger partial charge in [0, 0.05) is 24.2 Å². The molecular weight excluding hydrogens is 184 g/mol. The second kappa shape index (κ2) is 7.17. The zero-order valence-electron chi connectivity index (χ0n) is 6.45. The van der Waals surface area contributed by atoms with Crippen molar-refractivity contribution in [3.8, 4) is 0 Å². The molecule has 72 valence electrons. The van der Waals surface area contributed by atoms with E-state index < -0.39 is 17.2 Å². The molecule has 7 heteroatoms. The SMILES string of the molecule is NOC(=O)CCCCNS(=O)[O-]. The molecule has 0 amide bonds. The fourth-order valence-corrected chi connectivity index (χ4v) is 0.920. The zero-order chi connectivity index (χ0) is 9.40. The first-order valence-electron chi connectivity index (χ1n) is 3.39. The molecule has 0 aliphatic heterocycles. The highest BCUT2D eigenvalue weighted by Gasteiger charge is 1.98. The average molecular weight is 195 g/mol. The molecular formula is C5H11N2O4S-. The Morgan fingerprint density at radius 3 is 2.75 bits per heavy atom. The van der Waals surface area contributed by atoms with E-state index in [4.69, 9.17) is 0 Å². The maximum absolute atomic E-state index is 10.4. The van der Waals surface area contributed by atoms with Crippen molar-refractivity contribution in [3.05, 3.63) is 0 Å². The first-order chi connectivity index (χ1) is 5.66. The van der Waals surface area contributed by atoms with Crippen molar-refractivity contribution < 1.29 is 18.4 Å². The molecule has 0 saturated heterocycles. The van der Waals surface area contributed by atoms with Crippen LogP contribution in [0.4, 0.5) is 0 Å². The van der Waals surface area contributed by atoms with Crippen LogP contribution in [0.3, 0.4) is 0 Å². The van der Waals surface area contributed by atoms with Crippen LogP contribution in [-0.4, -0.2) is 21.3 Å². The van der Waals surface area contributed by atoms with Gasteiger partial charge in [0.05, 0.1) is 0 Å². The molecule has 0 rings (SSSR count). The predicted molar refractivity (Wildman–Crippen MR) is 41.1 cm³/mol. The van der Waals surface area contributed by atoms with Crippen molar-refractivity contribution in [2.75, 3.05) is 6.54 Å². The molecule has 0 fully saturated rings. The molecule has 1 atom stereocenters. The maximum Gasteiger partial charge on any atom is 0.324 e. The Balaban J connectivity index is 3.11. The average Bonchev–Trinajstić information content (AvgIpc) is 2.03. The monoisotopic (exact) mass is 195 g/mol. The van der Waals surface area contributed by atoms with Crippen LogP contribution in [0.25, 0.3) is 0 Å². The first kappa shape index (κ1) is 11.5. The number of nitrogens with two attached hydrogens (primary N) is 1. The molecule has 0 aliphatic rings. The van der Waals surface area contributed by atoms with Crippen molar-refractivity contribution in [2.24, 2.45) is 5.90 Å². The second-order valence-electron chi connectivity index (χ2n) is 2.08. The molecule has 0 bridgehead atoms. The highest BCUT2D eigenvalue weighted by molar-refractivity contribution is 7.77. The number of rotatable bonds is 6. The molecule has 0 radical (unpaired) electrons. The minimum Gasteiger partial charge on any atom is -0.760 e. The zero-order valence-corrected chi connectivity index (χ0v) is 7.26. The van der Waals surface area contributed by atoms with Crippen molar-refractivity contribution in [3.63, 3.8) is 0 Å². The summed E-state index contributed by atoms with van der Waals surface area (Å²) >= 11 is -2.22. The van der Waals surface area contributed by atoms with Gasteiger partial charge in [-0.1, -0.05) is 0 Å². The van der Waals surface area contributed by atoms with E-state index in [2.05, 4.69) is 15.5 Å². The van der Waals surface area contributed by atoms with Crippen molar-refractivity contribution >= 4 is 17.2 Å². The summed E-state index contributed by atoms with van der Waals surface area (Å²) in [5, 5.41) is 0. The molecule has 0 aromatic carbocycles. The van der Waals surface area contributed by atoms with Crippen LogP contribution in [0.5, 0.6) is 0 Å². The summed E-state index contributed by atoms with van der Waals surface area (Å²) in [5.41, 5.74) is 0. The van der Waals surface area contributed by atoms with Gasteiger partial charge in [0.15, 0.2) is 0 Å². The Morgan fingerprint density at radius 1 is 1.58 bits per heavy atom. The standard InChI is InChI=1S/C5H12N2O4S/c6-11-5(8)3-1-2-4-7-12(9)10/h7H,1-4,6H2,(H,9,10)/p-1. The van der Waals surface area contributed by atoms with Gasteiger partial charge in [-0.3, -0.25) is 9.00 Å². The Kier molecular flexibility index (Phi) is 6.87. The fourth-order valence-electron chi connectivity index (χ4n) is 0.609. The van der Waals surface area contributed by atoms with Crippen LogP contribution in [0.1, 0.15) is 19.3 Å². The minimum atomic E-state index is -2.22. The lowest BCUT2D eigenvalue weighted by atomic mass is 10.2. The van der Waals surface area contributed by atoms with Crippen LogP contribution in [0.15, 0.2) is 0 Å². The highest BCUT2D eigenvalue weighted by Crippen LogP contribution is 1.94. The molecule has 0 aliphatic carbocycles. The summed E-state index contributed by atoms with van der Waals surface area (Å²) in [6.07, 6.45) is 1.35. The van der Waals surface area contributed by atoms with Crippen LogP contribution < -0.4 is 10.6 Å². The summed E-state index contributed by atoms with van der Waals surface area (Å²) in [7, 11) is 0. The van der Waals surface area contributed by atoms with Crippen LogP contribution in [-0.2, 0) is 20.9 Å². The number of carbonyl (C=O) groups excluding carboxylic acids is 1. The van der Waals surface area contributed by atoms with Gasteiger partial charge < -0.3 is 9.39 Å². The van der Waals surface area contributed by atoms with E-state index >= 15 is 0 Å². The Hall–Kier alpha value is -0.500. The quantitative estimate of drug-likeness (QED) is 0.320. The molecule has 0 saturated carbocycles. The molecule has 0 heterocycles. The molecule has 0 aromatic rings. The first-order valence-corrected chi connectivity index (χ1v) is 4.46. The topological polar surface area (TPSA) is 104 Å². The van der Waals surface area contributed by atoms with Crippen LogP contribution >= 0.6 is 0 Å². The molecule has 3 N–H and O–H groups in total. The van der Waals surface area contributed by atoms with Gasteiger partial charge in [-0.05, 0) is 12.8 Å². The molecule has 12 heavy (non-hydrogen) atoms. The van der Waals surface area contributed by atoms with Gasteiger partial charge in [-0.15, -0.1) is 0 Å². The smallest absolute Gasteiger partial charge is 0.324 e. The minimum absolute atomic E-state index is 0.212. The Bertz CT molecular complexity index is 164. The van der Waals surface area contributed by atoms with Crippen LogP contribution in [0, 0.1) is 0 Å². The third kappa shape index (κ3) is 7.61. The van der Waals surface area contributed by atoms with Gasteiger partial charge in [-0.2, -0.15) is 5.90 Å². The van der Waals surface area contributed by atoms with E-state index in [1.54, 1.807) is 0 Å². The van der Waals surface area contributed by atoms with E-state index in [0.717, 1.165) is 0 Å². The fraction of sp³-hybridized carbons (Fsp3) is 0.800. The van der Waals surface area contributed by atoms with Gasteiger partial charge >= 0.3 is 5.97 Å². The number of unbranched alkanes of at least 4 members (excludes halogenated alkanes) is 1. The third-order valence-electron chi connectivity index (χ3n) is 1.16. The van der Waals surface area contributed by atoms with Gasteiger partial charge in [-0.25, -0.2) is 4.72 Å². The van der Waals surface area contributed by atoms with Crippen molar-refractivity contribution in [1.82, 2.24) is 4.72 Å². The van der Waals surface area contributed by atoms with Gasteiger partial charge in [0.25, 0.3) is 0 Å². The van der Waals surface area contributed by atoms with E-state index in [1.165, 1.54) is 0 Å². The van der Waals surface area contributed by atoms with Gasteiger partial charge in [0.1, 0.15) is 0 Å². The lowest BCUT2D eigenvalue weighted by Gasteiger charge is -2.05. The van der Waals surface area contributed by atoms with E-state index in [1.807, 2.05) is 0 Å². The summed E-state index contributed by atoms with van der Waals surface area (Å²) < 4.78 is 22.0. The summed E-state index contributed by atoms with van der Waals surface area (Å²) in [4.78, 5) is 14.3. The Labute approximate surface area is 72.8 Å². The van der Waals surface area contributed by atoms with Crippen LogP contribution in [0.2, 0.25) is 0 Å². The van der Waals surface area contributed by atoms with E-state index in [-0.39, 0.29) is 6.42 Å². The lowest BCUT2D eigenvalue weighted by molar-refractivity contribution is -0.144. The molecule has 0 spiro atoms. The van der Waals surface area contributed by atoms with Crippen molar-refractivity contribution in [2.45, 2.75) is 19.3 Å². The van der Waals surface area contributed by atoms with Gasteiger partial charge in [0.2, 0.25) is 0 Å².